The van der Waals surface area contributed by atoms with Crippen LogP contribution in [0.2, 0.25) is 0 Å². The van der Waals surface area contributed by atoms with Gasteiger partial charge in [-0.3, -0.25) is 9.59 Å². The summed E-state index contributed by atoms with van der Waals surface area (Å²) in [5.74, 6) is 0.359. The first-order valence-corrected chi connectivity index (χ1v) is 9.45. The highest BCUT2D eigenvalue weighted by atomic mass is 16.2. The normalized spacial score (nSPS) is 15.2. The molecule has 2 amide bonds. The maximum absolute atomic E-state index is 12.0. The smallest absolute Gasteiger partial charge is 0.223 e. The number of piperazine rings is 1. The molecule has 0 aromatic heterocycles. The van der Waals surface area contributed by atoms with Gasteiger partial charge in [0.25, 0.3) is 0 Å². The van der Waals surface area contributed by atoms with Gasteiger partial charge in [0.1, 0.15) is 0 Å². The summed E-state index contributed by atoms with van der Waals surface area (Å²) in [7, 11) is 2.14. The number of likely N-dealkylation sites (N-methyl/N-ethyl adjacent to an activating group) is 1. The zero-order chi connectivity index (χ0) is 19.1. The summed E-state index contributed by atoms with van der Waals surface area (Å²) in [6, 6.07) is 8.08. The fraction of sp³-hybridized carbons (Fsp3) is 0.600. The topological polar surface area (TPSA) is 55.9 Å². The summed E-state index contributed by atoms with van der Waals surface area (Å²) in [6.45, 7) is 10.9. The lowest BCUT2D eigenvalue weighted by Crippen LogP contribution is -2.44. The van der Waals surface area contributed by atoms with Crippen molar-refractivity contribution in [1.82, 2.24) is 10.2 Å². The lowest BCUT2D eigenvalue weighted by Gasteiger charge is -2.34. The van der Waals surface area contributed by atoms with Crippen molar-refractivity contribution < 1.29 is 9.59 Å². The summed E-state index contributed by atoms with van der Waals surface area (Å²) in [4.78, 5) is 30.3. The average molecular weight is 361 g/mol. The van der Waals surface area contributed by atoms with Crippen LogP contribution in [0, 0.1) is 5.92 Å². The number of carbonyl (C=O) groups is 2. The van der Waals surface area contributed by atoms with E-state index in [0.717, 1.165) is 31.9 Å². The minimum atomic E-state index is -0.0472. The Morgan fingerprint density at radius 2 is 1.73 bits per heavy atom. The lowest BCUT2D eigenvalue weighted by atomic mass is 10.2. The molecule has 6 heteroatoms. The summed E-state index contributed by atoms with van der Waals surface area (Å²) in [5, 5.41) is 2.90. The second kappa shape index (κ2) is 9.57. The standard InChI is InChI=1S/C20H32N4O2/c1-16(2)15-21-20(26)9-10-24(17(3)25)19-7-5-18(6-8-19)23-13-11-22(4)12-14-23/h5-8,16H,9-15H2,1-4H3,(H,21,26). The molecule has 1 aromatic rings. The van der Waals surface area contributed by atoms with Gasteiger partial charge in [0, 0.05) is 64.0 Å². The van der Waals surface area contributed by atoms with Crippen molar-refractivity contribution >= 4 is 23.2 Å². The monoisotopic (exact) mass is 360 g/mol. The Balaban J connectivity index is 1.94. The van der Waals surface area contributed by atoms with Gasteiger partial charge in [0.15, 0.2) is 0 Å². The van der Waals surface area contributed by atoms with Crippen LogP contribution in [0.1, 0.15) is 27.2 Å². The number of hydrogen-bond donors (Lipinski definition) is 1. The third kappa shape index (κ3) is 6.02. The van der Waals surface area contributed by atoms with Crippen molar-refractivity contribution in [1.29, 1.82) is 0 Å². The highest BCUT2D eigenvalue weighted by Gasteiger charge is 2.16. The summed E-state index contributed by atoms with van der Waals surface area (Å²) in [5.41, 5.74) is 2.02. The first-order chi connectivity index (χ1) is 12.4. The van der Waals surface area contributed by atoms with Crippen LogP contribution in [0.3, 0.4) is 0 Å². The van der Waals surface area contributed by atoms with Gasteiger partial charge < -0.3 is 20.0 Å². The van der Waals surface area contributed by atoms with Crippen LogP contribution in [0.15, 0.2) is 24.3 Å². The summed E-state index contributed by atoms with van der Waals surface area (Å²) >= 11 is 0. The van der Waals surface area contributed by atoms with Gasteiger partial charge in [-0.2, -0.15) is 0 Å². The molecule has 2 rings (SSSR count). The second-order valence-electron chi connectivity index (χ2n) is 7.43. The van der Waals surface area contributed by atoms with Crippen LogP contribution in [0.5, 0.6) is 0 Å². The number of benzene rings is 1. The Kier molecular flexibility index (Phi) is 7.45. The van der Waals surface area contributed by atoms with Crippen molar-refractivity contribution in [3.8, 4) is 0 Å². The van der Waals surface area contributed by atoms with Crippen LogP contribution in [-0.2, 0) is 9.59 Å². The van der Waals surface area contributed by atoms with Crippen LogP contribution in [-0.4, -0.2) is 63.0 Å². The largest absolute Gasteiger partial charge is 0.369 e. The Labute approximate surface area is 157 Å². The highest BCUT2D eigenvalue weighted by molar-refractivity contribution is 5.92. The maximum Gasteiger partial charge on any atom is 0.223 e. The van der Waals surface area contributed by atoms with Crippen LogP contribution in [0.4, 0.5) is 11.4 Å². The van der Waals surface area contributed by atoms with Gasteiger partial charge in [0.2, 0.25) is 11.8 Å². The minimum absolute atomic E-state index is 0.0148. The molecule has 0 radical (unpaired) electrons. The number of rotatable bonds is 7. The highest BCUT2D eigenvalue weighted by Crippen LogP contribution is 2.22. The van der Waals surface area contributed by atoms with Gasteiger partial charge in [-0.1, -0.05) is 13.8 Å². The summed E-state index contributed by atoms with van der Waals surface area (Å²) < 4.78 is 0. The fourth-order valence-electron chi connectivity index (χ4n) is 3.00. The Hall–Kier alpha value is -2.08. The van der Waals surface area contributed by atoms with E-state index in [1.165, 1.54) is 5.69 Å². The van der Waals surface area contributed by atoms with Crippen molar-refractivity contribution in [2.45, 2.75) is 27.2 Å². The number of carbonyl (C=O) groups excluding carboxylic acids is 2. The van der Waals surface area contributed by atoms with Gasteiger partial charge in [-0.05, 0) is 37.2 Å². The molecule has 1 fully saturated rings. The van der Waals surface area contributed by atoms with Crippen LogP contribution in [0.25, 0.3) is 0 Å². The van der Waals surface area contributed by atoms with E-state index in [0.29, 0.717) is 25.4 Å². The number of anilines is 2. The van der Waals surface area contributed by atoms with E-state index < -0.39 is 0 Å². The molecule has 0 aliphatic carbocycles. The number of nitrogens with zero attached hydrogens (tertiary/aromatic N) is 3. The Morgan fingerprint density at radius 3 is 2.27 bits per heavy atom. The molecule has 1 N–H and O–H groups in total. The molecule has 0 saturated carbocycles. The molecule has 1 aliphatic rings. The van der Waals surface area contributed by atoms with Gasteiger partial charge in [0.05, 0.1) is 0 Å². The second-order valence-corrected chi connectivity index (χ2v) is 7.43. The minimum Gasteiger partial charge on any atom is -0.369 e. The molecule has 1 saturated heterocycles. The molecule has 0 spiro atoms. The molecule has 1 heterocycles. The van der Waals surface area contributed by atoms with Crippen molar-refractivity contribution in [2.24, 2.45) is 5.92 Å². The number of amides is 2. The Morgan fingerprint density at radius 1 is 1.12 bits per heavy atom. The average Bonchev–Trinajstić information content (AvgIpc) is 2.61. The number of hydrogen-bond acceptors (Lipinski definition) is 4. The van der Waals surface area contributed by atoms with Crippen LogP contribution >= 0.6 is 0 Å². The van der Waals surface area contributed by atoms with Crippen molar-refractivity contribution in [3.63, 3.8) is 0 Å². The quantitative estimate of drug-likeness (QED) is 0.808. The van der Waals surface area contributed by atoms with E-state index in [9.17, 15) is 9.59 Å². The Bertz CT molecular complexity index is 592. The molecule has 0 unspecified atom stereocenters. The van der Waals surface area contributed by atoms with Gasteiger partial charge in [-0.15, -0.1) is 0 Å². The molecule has 26 heavy (non-hydrogen) atoms. The third-order valence-electron chi connectivity index (χ3n) is 4.68. The lowest BCUT2D eigenvalue weighted by molar-refractivity contribution is -0.121. The third-order valence-corrected chi connectivity index (χ3v) is 4.68. The van der Waals surface area contributed by atoms with Crippen molar-refractivity contribution in [2.75, 3.05) is 56.1 Å². The summed E-state index contributed by atoms with van der Waals surface area (Å²) in [6.07, 6.45) is 0.312. The van der Waals surface area contributed by atoms with Crippen molar-refractivity contribution in [3.05, 3.63) is 24.3 Å². The molecule has 6 nitrogen and oxygen atoms in total. The predicted octanol–water partition coefficient (Wildman–Crippen LogP) is 1.95. The first-order valence-electron chi connectivity index (χ1n) is 9.45. The first kappa shape index (κ1) is 20.2. The molecular weight excluding hydrogens is 328 g/mol. The molecule has 1 aromatic carbocycles. The molecule has 0 atom stereocenters. The maximum atomic E-state index is 12.0. The van der Waals surface area contributed by atoms with Gasteiger partial charge >= 0.3 is 0 Å². The molecular formula is C20H32N4O2. The van der Waals surface area contributed by atoms with E-state index in [4.69, 9.17) is 0 Å². The van der Waals surface area contributed by atoms with E-state index in [1.807, 2.05) is 12.1 Å². The number of nitrogens with one attached hydrogen (secondary N) is 1. The van der Waals surface area contributed by atoms with E-state index in [-0.39, 0.29) is 11.8 Å². The zero-order valence-corrected chi connectivity index (χ0v) is 16.5. The van der Waals surface area contributed by atoms with E-state index >= 15 is 0 Å². The molecule has 144 valence electrons. The zero-order valence-electron chi connectivity index (χ0n) is 16.5. The molecule has 0 bridgehead atoms. The van der Waals surface area contributed by atoms with E-state index in [1.54, 1.807) is 11.8 Å². The van der Waals surface area contributed by atoms with Crippen LogP contribution < -0.4 is 15.1 Å². The molecule has 1 aliphatic heterocycles. The fourth-order valence-corrected chi connectivity index (χ4v) is 3.00. The van der Waals surface area contributed by atoms with Gasteiger partial charge in [-0.25, -0.2) is 0 Å². The predicted molar refractivity (Wildman–Crippen MR) is 107 cm³/mol. The SMILES string of the molecule is CC(=O)N(CCC(=O)NCC(C)C)c1ccc(N2CCN(C)CC2)cc1. The van der Waals surface area contributed by atoms with E-state index in [2.05, 4.69) is 48.1 Å².